The number of hydrogen-bond acceptors (Lipinski definition) is 0. The molecule has 1 aromatic carbocycles. The van der Waals surface area contributed by atoms with Crippen molar-refractivity contribution in [2.75, 3.05) is 0 Å². The van der Waals surface area contributed by atoms with Gasteiger partial charge in [0.05, 0.1) is 5.56 Å². The van der Waals surface area contributed by atoms with Crippen molar-refractivity contribution in [1.82, 2.24) is 0 Å². The summed E-state index contributed by atoms with van der Waals surface area (Å²) in [6.07, 6.45) is 5.69. The molecule has 0 aliphatic heterocycles. The van der Waals surface area contributed by atoms with Crippen LogP contribution in [-0.2, 0) is 6.18 Å². The molecule has 0 aromatic heterocycles. The summed E-state index contributed by atoms with van der Waals surface area (Å²) in [6.45, 7) is 0. The maximum Gasteiger partial charge on any atom is 0.416 e. The Morgan fingerprint density at radius 3 is 2.00 bits per heavy atom. The second kappa shape index (κ2) is 3.47. The predicted octanol–water partition coefficient (Wildman–Crippen LogP) is 2.67. The molecule has 0 aliphatic rings. The molecule has 0 saturated carbocycles. The predicted molar refractivity (Wildman–Crippen MR) is 47.3 cm³/mol. The van der Waals surface area contributed by atoms with Gasteiger partial charge < -0.3 is 0 Å². The van der Waals surface area contributed by atoms with Gasteiger partial charge in [0.1, 0.15) is 0 Å². The van der Waals surface area contributed by atoms with E-state index in [9.17, 15) is 13.2 Å². The van der Waals surface area contributed by atoms with Crippen LogP contribution in [0.15, 0.2) is 18.2 Å². The average Bonchev–Trinajstić information content (AvgIpc) is 2.15. The van der Waals surface area contributed by atoms with Gasteiger partial charge in [-0.3, -0.25) is 0 Å². The van der Waals surface area contributed by atoms with E-state index in [1.807, 2.05) is 0 Å². The second-order valence-corrected chi connectivity index (χ2v) is 2.55. The van der Waals surface area contributed by atoms with E-state index in [-0.39, 0.29) is 5.56 Å². The fourth-order valence-electron chi connectivity index (χ4n) is 0.966. The Balaban J connectivity index is 3.32. The topological polar surface area (TPSA) is 0 Å². The van der Waals surface area contributed by atoms with E-state index in [0.29, 0.717) is 5.56 Å². The molecule has 0 bridgehead atoms. The van der Waals surface area contributed by atoms with Gasteiger partial charge in [-0.2, -0.15) is 13.2 Å². The summed E-state index contributed by atoms with van der Waals surface area (Å²) in [6, 6.07) is 2.98. The first-order valence-corrected chi connectivity index (χ1v) is 3.63. The number of alkyl halides is 3. The van der Waals surface area contributed by atoms with Crippen molar-refractivity contribution in [3.05, 3.63) is 34.9 Å². The van der Waals surface area contributed by atoms with E-state index in [0.717, 1.165) is 12.1 Å². The minimum atomic E-state index is -4.39. The fourth-order valence-corrected chi connectivity index (χ4v) is 0.966. The Kier molecular flexibility index (Phi) is 2.53. The maximum absolute atomic E-state index is 12.2. The lowest BCUT2D eigenvalue weighted by atomic mass is 10.0. The molecule has 14 heavy (non-hydrogen) atoms. The molecular weight excluding hydrogens is 189 g/mol. The number of terminal acetylenes is 2. The van der Waals surface area contributed by atoms with E-state index in [2.05, 4.69) is 11.8 Å². The molecule has 0 atom stereocenters. The van der Waals surface area contributed by atoms with Gasteiger partial charge in [-0.05, 0) is 18.2 Å². The summed E-state index contributed by atoms with van der Waals surface area (Å²) in [5.74, 6) is 4.33. The molecule has 0 spiro atoms. The van der Waals surface area contributed by atoms with Crippen LogP contribution in [-0.4, -0.2) is 0 Å². The SMILES string of the molecule is C#Cc1ccc(C(F)(F)F)cc1C#C. The summed E-state index contributed by atoms with van der Waals surface area (Å²) in [5.41, 5.74) is -0.410. The van der Waals surface area contributed by atoms with E-state index >= 15 is 0 Å². The smallest absolute Gasteiger partial charge is 0.166 e. The summed E-state index contributed by atoms with van der Waals surface area (Å²) in [4.78, 5) is 0. The number of hydrogen-bond donors (Lipinski definition) is 0. The van der Waals surface area contributed by atoms with Crippen molar-refractivity contribution in [2.24, 2.45) is 0 Å². The first kappa shape index (κ1) is 10.2. The number of rotatable bonds is 0. The Labute approximate surface area is 79.8 Å². The lowest BCUT2D eigenvalue weighted by molar-refractivity contribution is -0.137. The van der Waals surface area contributed by atoms with Gasteiger partial charge in [-0.25, -0.2) is 0 Å². The van der Waals surface area contributed by atoms with Gasteiger partial charge in [0.25, 0.3) is 0 Å². The van der Waals surface area contributed by atoms with Gasteiger partial charge in [-0.15, -0.1) is 12.8 Å². The van der Waals surface area contributed by atoms with Crippen LogP contribution in [0.1, 0.15) is 16.7 Å². The molecule has 0 fully saturated rings. The van der Waals surface area contributed by atoms with Crippen LogP contribution >= 0.6 is 0 Å². The lowest BCUT2D eigenvalue weighted by Crippen LogP contribution is -2.05. The zero-order valence-corrected chi connectivity index (χ0v) is 7.02. The van der Waals surface area contributed by atoms with Crippen molar-refractivity contribution in [3.8, 4) is 24.7 Å². The lowest BCUT2D eigenvalue weighted by Gasteiger charge is -2.07. The molecule has 1 aromatic rings. The first-order valence-electron chi connectivity index (χ1n) is 3.63. The highest BCUT2D eigenvalue weighted by atomic mass is 19.4. The first-order chi connectivity index (χ1) is 6.49. The van der Waals surface area contributed by atoms with Gasteiger partial charge in [-0.1, -0.05) is 11.8 Å². The van der Waals surface area contributed by atoms with Crippen molar-refractivity contribution in [1.29, 1.82) is 0 Å². The Hall–Kier alpha value is -1.87. The zero-order valence-electron chi connectivity index (χ0n) is 7.02. The standard InChI is InChI=1S/C11H5F3/c1-3-8-5-6-10(11(12,13)14)7-9(8)4-2/h1-2,5-7H. The van der Waals surface area contributed by atoms with E-state index in [1.165, 1.54) is 6.07 Å². The fraction of sp³-hybridized carbons (Fsp3) is 0.0909. The Morgan fingerprint density at radius 2 is 1.57 bits per heavy atom. The van der Waals surface area contributed by atoms with Crippen LogP contribution in [0, 0.1) is 24.7 Å². The minimum Gasteiger partial charge on any atom is -0.166 e. The normalized spacial score (nSPS) is 10.4. The maximum atomic E-state index is 12.2. The number of benzene rings is 1. The van der Waals surface area contributed by atoms with Gasteiger partial charge in [0, 0.05) is 11.1 Å². The summed E-state index contributed by atoms with van der Waals surface area (Å²) >= 11 is 0. The quantitative estimate of drug-likeness (QED) is 0.557. The van der Waals surface area contributed by atoms with Crippen molar-refractivity contribution >= 4 is 0 Å². The van der Waals surface area contributed by atoms with Crippen LogP contribution in [0.4, 0.5) is 13.2 Å². The van der Waals surface area contributed by atoms with Crippen LogP contribution in [0.25, 0.3) is 0 Å². The molecule has 0 aliphatic carbocycles. The molecule has 70 valence electrons. The minimum absolute atomic E-state index is 0.0855. The summed E-state index contributed by atoms with van der Waals surface area (Å²) in [5, 5.41) is 0. The third-order valence-electron chi connectivity index (χ3n) is 1.66. The molecular formula is C11H5F3. The van der Waals surface area contributed by atoms with Crippen molar-refractivity contribution in [2.45, 2.75) is 6.18 Å². The van der Waals surface area contributed by atoms with Crippen LogP contribution < -0.4 is 0 Å². The molecule has 0 amide bonds. The Bertz CT molecular complexity index is 427. The highest BCUT2D eigenvalue weighted by molar-refractivity contribution is 5.50. The molecule has 0 heterocycles. The summed E-state index contributed by atoms with van der Waals surface area (Å²) in [7, 11) is 0. The third-order valence-corrected chi connectivity index (χ3v) is 1.66. The molecule has 0 saturated heterocycles. The largest absolute Gasteiger partial charge is 0.416 e. The van der Waals surface area contributed by atoms with Crippen LogP contribution in [0.3, 0.4) is 0 Å². The Morgan fingerprint density at radius 1 is 1.00 bits per heavy atom. The van der Waals surface area contributed by atoms with Crippen molar-refractivity contribution in [3.63, 3.8) is 0 Å². The second-order valence-electron chi connectivity index (χ2n) is 2.55. The third kappa shape index (κ3) is 1.89. The zero-order chi connectivity index (χ0) is 10.8. The molecule has 0 unspecified atom stereocenters. The van der Waals surface area contributed by atoms with E-state index in [1.54, 1.807) is 0 Å². The average molecular weight is 194 g/mol. The monoisotopic (exact) mass is 194 g/mol. The van der Waals surface area contributed by atoms with Gasteiger partial charge in [0.15, 0.2) is 0 Å². The summed E-state index contributed by atoms with van der Waals surface area (Å²) < 4.78 is 36.7. The molecule has 0 N–H and O–H groups in total. The van der Waals surface area contributed by atoms with Gasteiger partial charge >= 0.3 is 6.18 Å². The van der Waals surface area contributed by atoms with Crippen LogP contribution in [0.5, 0.6) is 0 Å². The highest BCUT2D eigenvalue weighted by Gasteiger charge is 2.30. The highest BCUT2D eigenvalue weighted by Crippen LogP contribution is 2.30. The van der Waals surface area contributed by atoms with Crippen LogP contribution in [0.2, 0.25) is 0 Å². The molecule has 0 radical (unpaired) electrons. The van der Waals surface area contributed by atoms with Crippen molar-refractivity contribution < 1.29 is 13.2 Å². The number of halogens is 3. The molecule has 3 heteroatoms. The molecule has 1 rings (SSSR count). The van der Waals surface area contributed by atoms with E-state index in [4.69, 9.17) is 12.8 Å². The van der Waals surface area contributed by atoms with Gasteiger partial charge in [0.2, 0.25) is 0 Å². The van der Waals surface area contributed by atoms with E-state index < -0.39 is 11.7 Å². The molecule has 0 nitrogen and oxygen atoms in total.